The number of aromatic nitrogens is 3. The number of carboxylic acids is 1. The lowest BCUT2D eigenvalue weighted by molar-refractivity contribution is 0.0687. The first kappa shape index (κ1) is 14.0. The number of aromatic carboxylic acids is 1. The Balaban J connectivity index is 2.43. The first-order valence-electron chi connectivity index (χ1n) is 5.70. The second kappa shape index (κ2) is 4.94. The Bertz CT molecular complexity index is 613. The highest BCUT2D eigenvalue weighted by Crippen LogP contribution is 2.27. The minimum Gasteiger partial charge on any atom is -0.476 e. The van der Waals surface area contributed by atoms with E-state index >= 15 is 0 Å². The molecule has 19 heavy (non-hydrogen) atoms. The third-order valence-corrected chi connectivity index (χ3v) is 3.80. The van der Waals surface area contributed by atoms with Crippen molar-refractivity contribution in [2.24, 2.45) is 0 Å². The summed E-state index contributed by atoms with van der Waals surface area (Å²) in [6, 6.07) is 3.72. The SMILES string of the molecule is CC(C)(C)c1c(C(=O)O)nnn1Cc1ccc(Cl)s1. The number of carboxylic acid groups (broad SMARTS) is 1. The maximum absolute atomic E-state index is 11.2. The Kier molecular flexibility index (Phi) is 3.64. The van der Waals surface area contributed by atoms with Gasteiger partial charge in [-0.05, 0) is 12.1 Å². The molecule has 0 aliphatic rings. The smallest absolute Gasteiger partial charge is 0.358 e. The average molecular weight is 300 g/mol. The fourth-order valence-corrected chi connectivity index (χ4v) is 2.96. The molecule has 0 fully saturated rings. The van der Waals surface area contributed by atoms with Gasteiger partial charge in [0.1, 0.15) is 0 Å². The van der Waals surface area contributed by atoms with Crippen LogP contribution in [-0.4, -0.2) is 26.1 Å². The molecule has 2 aromatic heterocycles. The van der Waals surface area contributed by atoms with Crippen LogP contribution in [0.4, 0.5) is 0 Å². The number of rotatable bonds is 3. The Morgan fingerprint density at radius 3 is 2.63 bits per heavy atom. The van der Waals surface area contributed by atoms with Gasteiger partial charge in [0.15, 0.2) is 5.69 Å². The first-order chi connectivity index (χ1) is 8.79. The molecule has 0 radical (unpaired) electrons. The van der Waals surface area contributed by atoms with E-state index < -0.39 is 5.97 Å². The lowest BCUT2D eigenvalue weighted by atomic mass is 9.90. The van der Waals surface area contributed by atoms with Gasteiger partial charge in [-0.15, -0.1) is 16.4 Å². The van der Waals surface area contributed by atoms with E-state index in [1.165, 1.54) is 11.3 Å². The molecule has 1 N–H and O–H groups in total. The second-order valence-electron chi connectivity index (χ2n) is 5.21. The fourth-order valence-electron chi connectivity index (χ4n) is 1.89. The molecule has 2 heterocycles. The lowest BCUT2D eigenvalue weighted by Gasteiger charge is -2.20. The number of carbonyl (C=O) groups is 1. The van der Waals surface area contributed by atoms with E-state index in [1.807, 2.05) is 32.9 Å². The van der Waals surface area contributed by atoms with Crippen LogP contribution in [-0.2, 0) is 12.0 Å². The quantitative estimate of drug-likeness (QED) is 0.946. The predicted octanol–water partition coefficient (Wildman–Crippen LogP) is 3.04. The van der Waals surface area contributed by atoms with Crippen LogP contribution in [0.25, 0.3) is 0 Å². The maximum Gasteiger partial charge on any atom is 0.358 e. The van der Waals surface area contributed by atoms with E-state index in [-0.39, 0.29) is 11.1 Å². The van der Waals surface area contributed by atoms with Crippen molar-refractivity contribution in [3.8, 4) is 0 Å². The van der Waals surface area contributed by atoms with Crippen LogP contribution in [0.2, 0.25) is 4.34 Å². The van der Waals surface area contributed by atoms with Crippen LogP contribution in [0.1, 0.15) is 41.8 Å². The summed E-state index contributed by atoms with van der Waals surface area (Å²) in [7, 11) is 0. The van der Waals surface area contributed by atoms with Crippen LogP contribution >= 0.6 is 22.9 Å². The Morgan fingerprint density at radius 1 is 1.47 bits per heavy atom. The van der Waals surface area contributed by atoms with Gasteiger partial charge >= 0.3 is 5.97 Å². The standard InChI is InChI=1S/C12H14ClN3O2S/c1-12(2,3)10-9(11(17)18)14-15-16(10)6-7-4-5-8(13)19-7/h4-5H,6H2,1-3H3,(H,17,18). The minimum atomic E-state index is -1.06. The molecular formula is C12H14ClN3O2S. The van der Waals surface area contributed by atoms with Gasteiger partial charge in [-0.1, -0.05) is 37.6 Å². The number of nitrogens with zero attached hydrogens (tertiary/aromatic N) is 3. The third kappa shape index (κ3) is 2.96. The molecule has 2 aromatic rings. The number of hydrogen-bond donors (Lipinski definition) is 1. The molecule has 0 spiro atoms. The van der Waals surface area contributed by atoms with Crippen LogP contribution in [0.15, 0.2) is 12.1 Å². The van der Waals surface area contributed by atoms with Gasteiger partial charge in [0.05, 0.1) is 16.6 Å². The predicted molar refractivity (Wildman–Crippen MR) is 74.1 cm³/mol. The minimum absolute atomic E-state index is 0.00940. The summed E-state index contributed by atoms with van der Waals surface area (Å²) in [5.74, 6) is -1.06. The molecule has 0 aliphatic carbocycles. The second-order valence-corrected chi connectivity index (χ2v) is 7.00. The van der Waals surface area contributed by atoms with Crippen LogP contribution in [0.5, 0.6) is 0 Å². The average Bonchev–Trinajstić information content (AvgIpc) is 2.84. The summed E-state index contributed by atoms with van der Waals surface area (Å²) in [5.41, 5.74) is 0.276. The van der Waals surface area contributed by atoms with E-state index in [9.17, 15) is 9.90 Å². The van der Waals surface area contributed by atoms with Gasteiger partial charge in [0.25, 0.3) is 0 Å². The molecule has 102 valence electrons. The largest absolute Gasteiger partial charge is 0.476 e. The molecule has 0 unspecified atom stereocenters. The van der Waals surface area contributed by atoms with Crippen molar-refractivity contribution >= 4 is 28.9 Å². The molecule has 0 aromatic carbocycles. The third-order valence-electron chi connectivity index (χ3n) is 2.58. The summed E-state index contributed by atoms with van der Waals surface area (Å²) in [6.07, 6.45) is 0. The van der Waals surface area contributed by atoms with E-state index in [4.69, 9.17) is 11.6 Å². The molecule has 0 bridgehead atoms. The van der Waals surface area contributed by atoms with Crippen molar-refractivity contribution in [3.63, 3.8) is 0 Å². The monoisotopic (exact) mass is 299 g/mol. The van der Waals surface area contributed by atoms with E-state index in [2.05, 4.69) is 10.3 Å². The topological polar surface area (TPSA) is 68.0 Å². The van der Waals surface area contributed by atoms with Crippen molar-refractivity contribution in [3.05, 3.63) is 32.7 Å². The van der Waals surface area contributed by atoms with Gasteiger partial charge in [0.2, 0.25) is 0 Å². The highest BCUT2D eigenvalue weighted by atomic mass is 35.5. The molecule has 7 heteroatoms. The zero-order valence-electron chi connectivity index (χ0n) is 10.8. The molecule has 2 rings (SSSR count). The lowest BCUT2D eigenvalue weighted by Crippen LogP contribution is -2.22. The van der Waals surface area contributed by atoms with Gasteiger partial charge in [-0.25, -0.2) is 9.48 Å². The van der Waals surface area contributed by atoms with Gasteiger partial charge in [-0.2, -0.15) is 0 Å². The van der Waals surface area contributed by atoms with E-state index in [1.54, 1.807) is 4.68 Å². The van der Waals surface area contributed by atoms with Crippen LogP contribution in [0.3, 0.4) is 0 Å². The van der Waals surface area contributed by atoms with Crippen molar-refractivity contribution in [1.29, 1.82) is 0 Å². The van der Waals surface area contributed by atoms with Gasteiger partial charge < -0.3 is 5.11 Å². The summed E-state index contributed by atoms with van der Waals surface area (Å²) >= 11 is 7.34. The fraction of sp³-hybridized carbons (Fsp3) is 0.417. The highest BCUT2D eigenvalue weighted by Gasteiger charge is 2.29. The van der Waals surface area contributed by atoms with Crippen molar-refractivity contribution in [1.82, 2.24) is 15.0 Å². The zero-order chi connectivity index (χ0) is 14.2. The Hall–Kier alpha value is -1.40. The summed E-state index contributed by atoms with van der Waals surface area (Å²) in [4.78, 5) is 12.2. The summed E-state index contributed by atoms with van der Waals surface area (Å²) in [5, 5.41) is 16.9. The Morgan fingerprint density at radius 2 is 2.16 bits per heavy atom. The van der Waals surface area contributed by atoms with E-state index in [0.717, 1.165) is 4.88 Å². The highest BCUT2D eigenvalue weighted by molar-refractivity contribution is 7.16. The molecule has 0 amide bonds. The molecule has 0 atom stereocenters. The molecule has 5 nitrogen and oxygen atoms in total. The first-order valence-corrected chi connectivity index (χ1v) is 6.90. The number of hydrogen-bond acceptors (Lipinski definition) is 4. The molecular weight excluding hydrogens is 286 g/mol. The van der Waals surface area contributed by atoms with Crippen LogP contribution in [0, 0.1) is 0 Å². The van der Waals surface area contributed by atoms with Crippen molar-refractivity contribution < 1.29 is 9.90 Å². The van der Waals surface area contributed by atoms with Gasteiger partial charge in [0, 0.05) is 10.3 Å². The Labute approximate surface area is 119 Å². The number of thiophene rings is 1. The zero-order valence-corrected chi connectivity index (χ0v) is 12.4. The maximum atomic E-state index is 11.2. The summed E-state index contributed by atoms with van der Waals surface area (Å²) in [6.45, 7) is 6.30. The molecule has 0 aliphatic heterocycles. The molecule has 0 saturated carbocycles. The number of halogens is 1. The van der Waals surface area contributed by atoms with E-state index in [0.29, 0.717) is 16.6 Å². The van der Waals surface area contributed by atoms with Crippen molar-refractivity contribution in [2.75, 3.05) is 0 Å². The van der Waals surface area contributed by atoms with Crippen LogP contribution < -0.4 is 0 Å². The molecule has 0 saturated heterocycles. The normalized spacial score (nSPS) is 11.8. The summed E-state index contributed by atoms with van der Waals surface area (Å²) < 4.78 is 2.33. The van der Waals surface area contributed by atoms with Crippen molar-refractivity contribution in [2.45, 2.75) is 32.7 Å². The van der Waals surface area contributed by atoms with Gasteiger partial charge in [-0.3, -0.25) is 0 Å².